The number of carbonyl (C=O) groups is 1. The van der Waals surface area contributed by atoms with Gasteiger partial charge < -0.3 is 30.4 Å². The SMILES string of the molecule is CCCCCCN(C)C(=O)c1cc([N+](=O)[O-])c(NCCO)cc1N1C[C@H](O)[C@@H](O)C1. The largest absolute Gasteiger partial charge is 0.395 e. The Labute approximate surface area is 176 Å². The number of hydrogen-bond donors (Lipinski definition) is 4. The van der Waals surface area contributed by atoms with Crippen molar-refractivity contribution in [1.82, 2.24) is 4.90 Å². The average Bonchev–Trinajstić information content (AvgIpc) is 3.06. The maximum absolute atomic E-state index is 13.1. The normalized spacial score (nSPS) is 18.5. The molecule has 2 rings (SSSR count). The zero-order valence-electron chi connectivity index (χ0n) is 17.6. The van der Waals surface area contributed by atoms with Gasteiger partial charge in [-0.1, -0.05) is 26.2 Å². The molecule has 1 aliphatic heterocycles. The molecule has 0 unspecified atom stereocenters. The molecule has 0 bridgehead atoms. The second-order valence-corrected chi connectivity index (χ2v) is 7.62. The van der Waals surface area contributed by atoms with Crippen LogP contribution < -0.4 is 10.2 Å². The molecule has 4 N–H and O–H groups in total. The van der Waals surface area contributed by atoms with Gasteiger partial charge in [0.2, 0.25) is 0 Å². The summed E-state index contributed by atoms with van der Waals surface area (Å²) in [6.45, 7) is 2.75. The Kier molecular flexibility index (Phi) is 8.82. The van der Waals surface area contributed by atoms with Gasteiger partial charge in [-0.05, 0) is 12.5 Å². The zero-order valence-corrected chi connectivity index (χ0v) is 17.6. The maximum Gasteiger partial charge on any atom is 0.293 e. The lowest BCUT2D eigenvalue weighted by Gasteiger charge is -2.25. The third-order valence-corrected chi connectivity index (χ3v) is 5.26. The number of nitro groups is 1. The molecular weight excluding hydrogens is 392 g/mol. The number of carbonyl (C=O) groups excluding carboxylic acids is 1. The van der Waals surface area contributed by atoms with Crippen LogP contribution in [0.1, 0.15) is 43.0 Å². The van der Waals surface area contributed by atoms with E-state index in [1.807, 2.05) is 0 Å². The van der Waals surface area contributed by atoms with E-state index in [9.17, 15) is 25.1 Å². The molecule has 1 aromatic rings. The minimum absolute atomic E-state index is 0.107. The number of β-amino-alcohol motifs (C(OH)–C–C–N with tert-alkyl or cyclic N) is 2. The van der Waals surface area contributed by atoms with Gasteiger partial charge in [-0.15, -0.1) is 0 Å². The summed E-state index contributed by atoms with van der Waals surface area (Å²) in [6, 6.07) is 2.72. The van der Waals surface area contributed by atoms with Gasteiger partial charge in [-0.25, -0.2) is 0 Å². The number of aliphatic hydroxyl groups is 3. The van der Waals surface area contributed by atoms with Crippen molar-refractivity contribution in [2.24, 2.45) is 0 Å². The first-order valence-corrected chi connectivity index (χ1v) is 10.3. The molecule has 1 aromatic carbocycles. The fraction of sp³-hybridized carbons (Fsp3) is 0.650. The molecule has 1 fully saturated rings. The molecule has 10 heteroatoms. The Morgan fingerprint density at radius 3 is 2.50 bits per heavy atom. The smallest absolute Gasteiger partial charge is 0.293 e. The van der Waals surface area contributed by atoms with Crippen LogP contribution in [-0.4, -0.2) is 83.1 Å². The van der Waals surface area contributed by atoms with Crippen LogP contribution in [0.5, 0.6) is 0 Å². The van der Waals surface area contributed by atoms with Crippen molar-refractivity contribution < 1.29 is 25.0 Å². The summed E-state index contributed by atoms with van der Waals surface area (Å²) in [5.41, 5.74) is 0.454. The van der Waals surface area contributed by atoms with Crippen LogP contribution in [0.4, 0.5) is 17.1 Å². The van der Waals surface area contributed by atoms with Crippen molar-refractivity contribution in [2.45, 2.75) is 44.8 Å². The lowest BCUT2D eigenvalue weighted by molar-refractivity contribution is -0.384. The third-order valence-electron chi connectivity index (χ3n) is 5.26. The van der Waals surface area contributed by atoms with Gasteiger partial charge in [0, 0.05) is 39.3 Å². The lowest BCUT2D eigenvalue weighted by Crippen LogP contribution is -2.31. The maximum atomic E-state index is 13.1. The summed E-state index contributed by atoms with van der Waals surface area (Å²) in [5, 5.41) is 43.4. The van der Waals surface area contributed by atoms with E-state index in [1.54, 1.807) is 16.8 Å². The van der Waals surface area contributed by atoms with Crippen molar-refractivity contribution in [3.05, 3.63) is 27.8 Å². The Bertz CT molecular complexity index is 734. The van der Waals surface area contributed by atoms with Crippen LogP contribution in [0.3, 0.4) is 0 Å². The molecule has 1 saturated heterocycles. The topological polar surface area (TPSA) is 139 Å². The van der Waals surface area contributed by atoms with Crippen molar-refractivity contribution >= 4 is 23.0 Å². The molecule has 2 atom stereocenters. The van der Waals surface area contributed by atoms with Crippen molar-refractivity contribution in [1.29, 1.82) is 0 Å². The Hall–Kier alpha value is -2.43. The van der Waals surface area contributed by atoms with Crippen LogP contribution in [0.2, 0.25) is 0 Å². The third kappa shape index (κ3) is 5.80. The molecule has 0 aromatic heterocycles. The number of rotatable bonds is 11. The number of anilines is 2. The van der Waals surface area contributed by atoms with Crippen LogP contribution in [-0.2, 0) is 0 Å². The van der Waals surface area contributed by atoms with Gasteiger partial charge in [0.25, 0.3) is 11.6 Å². The zero-order chi connectivity index (χ0) is 22.3. The number of nitrogens with zero attached hydrogens (tertiary/aromatic N) is 3. The van der Waals surface area contributed by atoms with Gasteiger partial charge in [0.1, 0.15) is 5.69 Å². The van der Waals surface area contributed by atoms with E-state index in [4.69, 9.17) is 5.11 Å². The second kappa shape index (κ2) is 11.1. The summed E-state index contributed by atoms with van der Waals surface area (Å²) in [5.74, 6) is -0.353. The van der Waals surface area contributed by atoms with Crippen LogP contribution in [0, 0.1) is 10.1 Å². The van der Waals surface area contributed by atoms with Gasteiger partial charge in [-0.2, -0.15) is 0 Å². The highest BCUT2D eigenvalue weighted by atomic mass is 16.6. The first kappa shape index (κ1) is 23.8. The molecule has 0 saturated carbocycles. The first-order valence-electron chi connectivity index (χ1n) is 10.3. The van der Waals surface area contributed by atoms with E-state index in [0.29, 0.717) is 12.2 Å². The van der Waals surface area contributed by atoms with Gasteiger partial charge in [0.05, 0.1) is 35.0 Å². The number of hydrogen-bond acceptors (Lipinski definition) is 8. The van der Waals surface area contributed by atoms with Gasteiger partial charge in [-0.3, -0.25) is 14.9 Å². The number of amides is 1. The minimum Gasteiger partial charge on any atom is -0.395 e. The first-order chi connectivity index (χ1) is 14.3. The van der Waals surface area contributed by atoms with E-state index in [2.05, 4.69) is 12.2 Å². The van der Waals surface area contributed by atoms with Gasteiger partial charge >= 0.3 is 0 Å². The highest BCUT2D eigenvalue weighted by molar-refractivity contribution is 6.02. The number of aliphatic hydroxyl groups excluding tert-OH is 3. The second-order valence-electron chi connectivity index (χ2n) is 7.62. The van der Waals surface area contributed by atoms with Crippen LogP contribution in [0.15, 0.2) is 12.1 Å². The molecule has 0 aliphatic carbocycles. The number of nitro benzene ring substituents is 1. The fourth-order valence-corrected chi connectivity index (χ4v) is 3.54. The van der Waals surface area contributed by atoms with Crippen molar-refractivity contribution in [3.63, 3.8) is 0 Å². The van der Waals surface area contributed by atoms with Gasteiger partial charge in [0.15, 0.2) is 0 Å². The summed E-state index contributed by atoms with van der Waals surface area (Å²) in [6.07, 6.45) is 2.05. The van der Waals surface area contributed by atoms with Crippen LogP contribution >= 0.6 is 0 Å². The van der Waals surface area contributed by atoms with E-state index in [1.165, 1.54) is 12.1 Å². The van der Waals surface area contributed by atoms with E-state index < -0.39 is 17.1 Å². The number of unbranched alkanes of at least 4 members (excludes halogenated alkanes) is 3. The Morgan fingerprint density at radius 1 is 1.27 bits per heavy atom. The Balaban J connectivity index is 2.40. The molecule has 0 radical (unpaired) electrons. The quantitative estimate of drug-likeness (QED) is 0.236. The standard InChI is InChI=1S/C20H32N4O6/c1-3-4-5-6-8-22(2)20(28)14-10-17(24(29)30)15(21-7-9-25)11-16(14)23-12-18(26)19(27)13-23/h10-11,18-19,21,25-27H,3-9,12-13H2,1-2H3/t18-,19-/m0/s1. The molecule has 168 valence electrons. The molecule has 1 heterocycles. The fourth-order valence-electron chi connectivity index (χ4n) is 3.54. The number of nitrogens with one attached hydrogen (secondary N) is 1. The van der Waals surface area contributed by atoms with Crippen molar-refractivity contribution in [3.8, 4) is 0 Å². The highest BCUT2D eigenvalue weighted by Crippen LogP contribution is 2.35. The number of benzene rings is 1. The van der Waals surface area contributed by atoms with E-state index in [-0.39, 0.29) is 49.1 Å². The summed E-state index contributed by atoms with van der Waals surface area (Å²) < 4.78 is 0. The molecular formula is C20H32N4O6. The predicted molar refractivity (Wildman–Crippen MR) is 114 cm³/mol. The van der Waals surface area contributed by atoms with Crippen LogP contribution in [0.25, 0.3) is 0 Å². The Morgan fingerprint density at radius 2 is 1.93 bits per heavy atom. The molecule has 10 nitrogen and oxygen atoms in total. The summed E-state index contributed by atoms with van der Waals surface area (Å²) >= 11 is 0. The molecule has 1 aliphatic rings. The predicted octanol–water partition coefficient (Wildman–Crippen LogP) is 1.19. The minimum atomic E-state index is -0.969. The monoisotopic (exact) mass is 424 g/mol. The highest BCUT2D eigenvalue weighted by Gasteiger charge is 2.34. The molecule has 30 heavy (non-hydrogen) atoms. The summed E-state index contributed by atoms with van der Waals surface area (Å²) in [4.78, 5) is 27.4. The molecule has 0 spiro atoms. The summed E-state index contributed by atoms with van der Waals surface area (Å²) in [7, 11) is 1.66. The lowest BCUT2D eigenvalue weighted by atomic mass is 10.1. The van der Waals surface area contributed by atoms with E-state index in [0.717, 1.165) is 25.7 Å². The van der Waals surface area contributed by atoms with Crippen molar-refractivity contribution in [2.75, 3.05) is 50.1 Å². The molecule has 1 amide bonds. The average molecular weight is 424 g/mol. The van der Waals surface area contributed by atoms with E-state index >= 15 is 0 Å².